The molecular weight excluding hydrogens is 238 g/mol. The van der Waals surface area contributed by atoms with Crippen molar-refractivity contribution in [1.29, 1.82) is 0 Å². The predicted octanol–water partition coefficient (Wildman–Crippen LogP) is 2.06. The van der Waals surface area contributed by atoms with Crippen LogP contribution in [-0.2, 0) is 0 Å². The van der Waals surface area contributed by atoms with Gasteiger partial charge in [0.25, 0.3) is 5.92 Å². The maximum absolute atomic E-state index is 12.9. The lowest BCUT2D eigenvalue weighted by molar-refractivity contribution is -0.0265. The number of anilines is 1. The van der Waals surface area contributed by atoms with E-state index < -0.39 is 5.92 Å². The highest BCUT2D eigenvalue weighted by atomic mass is 19.3. The standard InChI is InChI=1S/C12H12F2N4/c13-12(14)6-17(7-12)11-10-5-9(8-1-2-8)16-18(10)4-3-15-11/h3-5,8H,1-2,6-7H2. The first-order valence-electron chi connectivity index (χ1n) is 6.09. The molecule has 94 valence electrons. The molecule has 2 aromatic heterocycles. The van der Waals surface area contributed by atoms with Gasteiger partial charge in [-0.15, -0.1) is 0 Å². The molecule has 1 saturated heterocycles. The van der Waals surface area contributed by atoms with E-state index in [1.165, 1.54) is 12.8 Å². The molecule has 0 spiro atoms. The first kappa shape index (κ1) is 10.2. The highest BCUT2D eigenvalue weighted by molar-refractivity contribution is 5.70. The molecule has 6 heteroatoms. The van der Waals surface area contributed by atoms with Gasteiger partial charge in [-0.3, -0.25) is 0 Å². The van der Waals surface area contributed by atoms with E-state index in [4.69, 9.17) is 0 Å². The van der Waals surface area contributed by atoms with Crippen LogP contribution in [0.15, 0.2) is 18.5 Å². The van der Waals surface area contributed by atoms with Gasteiger partial charge in [-0.25, -0.2) is 18.3 Å². The van der Waals surface area contributed by atoms with Crippen LogP contribution in [0.2, 0.25) is 0 Å². The van der Waals surface area contributed by atoms with E-state index in [-0.39, 0.29) is 13.1 Å². The van der Waals surface area contributed by atoms with Crippen molar-refractivity contribution in [3.05, 3.63) is 24.2 Å². The third kappa shape index (κ3) is 1.48. The maximum atomic E-state index is 12.9. The molecule has 0 amide bonds. The fourth-order valence-corrected chi connectivity index (χ4v) is 2.41. The minimum absolute atomic E-state index is 0.246. The second-order valence-electron chi connectivity index (χ2n) is 5.14. The Hall–Kier alpha value is -1.72. The molecule has 0 unspecified atom stereocenters. The van der Waals surface area contributed by atoms with Gasteiger partial charge in [0.15, 0.2) is 5.82 Å². The summed E-state index contributed by atoms with van der Waals surface area (Å²) in [5.41, 5.74) is 1.88. The predicted molar refractivity (Wildman–Crippen MR) is 62.1 cm³/mol. The summed E-state index contributed by atoms with van der Waals surface area (Å²) in [6.45, 7) is -0.493. The fourth-order valence-electron chi connectivity index (χ4n) is 2.41. The van der Waals surface area contributed by atoms with Crippen molar-refractivity contribution in [2.45, 2.75) is 24.7 Å². The molecule has 2 aromatic rings. The molecule has 2 fully saturated rings. The number of hydrogen-bond acceptors (Lipinski definition) is 3. The Balaban J connectivity index is 1.76. The van der Waals surface area contributed by atoms with E-state index >= 15 is 0 Å². The number of aromatic nitrogens is 3. The number of alkyl halides is 2. The molecular formula is C12H12F2N4. The van der Waals surface area contributed by atoms with Crippen molar-refractivity contribution in [2.75, 3.05) is 18.0 Å². The molecule has 1 aliphatic carbocycles. The summed E-state index contributed by atoms with van der Waals surface area (Å²) in [7, 11) is 0. The zero-order valence-corrected chi connectivity index (χ0v) is 9.68. The second-order valence-corrected chi connectivity index (χ2v) is 5.14. The van der Waals surface area contributed by atoms with Crippen molar-refractivity contribution < 1.29 is 8.78 Å². The zero-order chi connectivity index (χ0) is 12.3. The second kappa shape index (κ2) is 3.18. The van der Waals surface area contributed by atoms with Crippen LogP contribution in [0.25, 0.3) is 5.52 Å². The summed E-state index contributed by atoms with van der Waals surface area (Å²) in [6.07, 6.45) is 5.73. The Bertz CT molecular complexity index is 610. The first-order valence-corrected chi connectivity index (χ1v) is 6.09. The van der Waals surface area contributed by atoms with E-state index in [1.807, 2.05) is 6.07 Å². The molecule has 0 radical (unpaired) electrons. The minimum Gasteiger partial charge on any atom is -0.343 e. The van der Waals surface area contributed by atoms with Crippen molar-refractivity contribution in [1.82, 2.24) is 14.6 Å². The molecule has 0 atom stereocenters. The van der Waals surface area contributed by atoms with E-state index in [2.05, 4.69) is 10.1 Å². The third-order valence-corrected chi connectivity index (χ3v) is 3.53. The van der Waals surface area contributed by atoms with Crippen LogP contribution in [0.4, 0.5) is 14.6 Å². The van der Waals surface area contributed by atoms with Gasteiger partial charge in [-0.05, 0) is 18.9 Å². The number of hydrogen-bond donors (Lipinski definition) is 0. The minimum atomic E-state index is -2.58. The summed E-state index contributed by atoms with van der Waals surface area (Å²) in [6, 6.07) is 1.98. The highest BCUT2D eigenvalue weighted by Crippen LogP contribution is 2.40. The van der Waals surface area contributed by atoms with E-state index in [0.717, 1.165) is 11.2 Å². The quantitative estimate of drug-likeness (QED) is 0.818. The van der Waals surface area contributed by atoms with Crippen molar-refractivity contribution in [3.63, 3.8) is 0 Å². The number of halogens is 2. The molecule has 4 nitrogen and oxygen atoms in total. The Morgan fingerprint density at radius 2 is 2.06 bits per heavy atom. The monoisotopic (exact) mass is 250 g/mol. The van der Waals surface area contributed by atoms with Crippen LogP contribution in [0, 0.1) is 0 Å². The molecule has 3 heterocycles. The van der Waals surface area contributed by atoms with Gasteiger partial charge in [0.05, 0.1) is 18.8 Å². The Morgan fingerprint density at radius 1 is 1.28 bits per heavy atom. The number of nitrogens with zero attached hydrogens (tertiary/aromatic N) is 4. The average Bonchev–Trinajstić information content (AvgIpc) is 3.05. The fraction of sp³-hybridized carbons (Fsp3) is 0.500. The van der Waals surface area contributed by atoms with Crippen LogP contribution in [0.3, 0.4) is 0 Å². The van der Waals surface area contributed by atoms with E-state index in [1.54, 1.807) is 21.8 Å². The van der Waals surface area contributed by atoms with Crippen LogP contribution in [-0.4, -0.2) is 33.6 Å². The molecule has 1 aliphatic heterocycles. The summed E-state index contributed by atoms with van der Waals surface area (Å²) < 4.78 is 27.6. The lowest BCUT2D eigenvalue weighted by Gasteiger charge is -2.39. The normalized spacial score (nSPS) is 22.2. The van der Waals surface area contributed by atoms with Crippen LogP contribution >= 0.6 is 0 Å². The summed E-state index contributed by atoms with van der Waals surface area (Å²) in [4.78, 5) is 5.82. The smallest absolute Gasteiger partial charge is 0.282 e. The van der Waals surface area contributed by atoms with Crippen LogP contribution in [0.1, 0.15) is 24.5 Å². The van der Waals surface area contributed by atoms with Crippen molar-refractivity contribution in [3.8, 4) is 0 Å². The maximum Gasteiger partial charge on any atom is 0.282 e. The van der Waals surface area contributed by atoms with Crippen LogP contribution < -0.4 is 4.90 Å². The van der Waals surface area contributed by atoms with Gasteiger partial charge in [-0.2, -0.15) is 5.10 Å². The Labute approximate surface area is 102 Å². The summed E-state index contributed by atoms with van der Waals surface area (Å²) in [5.74, 6) is -1.41. The lowest BCUT2D eigenvalue weighted by atomic mass is 10.1. The van der Waals surface area contributed by atoms with E-state index in [0.29, 0.717) is 11.7 Å². The summed E-state index contributed by atoms with van der Waals surface area (Å²) in [5, 5.41) is 4.48. The van der Waals surface area contributed by atoms with Crippen molar-refractivity contribution >= 4 is 11.3 Å². The zero-order valence-electron chi connectivity index (χ0n) is 9.68. The van der Waals surface area contributed by atoms with Gasteiger partial charge in [0, 0.05) is 18.3 Å². The highest BCUT2D eigenvalue weighted by Gasteiger charge is 2.45. The Kier molecular flexibility index (Phi) is 1.81. The molecule has 0 bridgehead atoms. The van der Waals surface area contributed by atoms with E-state index in [9.17, 15) is 8.78 Å². The van der Waals surface area contributed by atoms with Gasteiger partial charge in [0.1, 0.15) is 5.52 Å². The first-order chi connectivity index (χ1) is 8.62. The Morgan fingerprint density at radius 3 is 2.72 bits per heavy atom. The average molecular weight is 250 g/mol. The molecule has 0 aromatic carbocycles. The number of rotatable bonds is 2. The van der Waals surface area contributed by atoms with Crippen molar-refractivity contribution in [2.24, 2.45) is 0 Å². The molecule has 2 aliphatic rings. The van der Waals surface area contributed by atoms with Gasteiger partial charge >= 0.3 is 0 Å². The summed E-state index contributed by atoms with van der Waals surface area (Å²) >= 11 is 0. The third-order valence-electron chi connectivity index (χ3n) is 3.53. The molecule has 18 heavy (non-hydrogen) atoms. The molecule has 1 saturated carbocycles. The molecule has 0 N–H and O–H groups in total. The lowest BCUT2D eigenvalue weighted by Crippen LogP contribution is -2.56. The van der Waals surface area contributed by atoms with Crippen LogP contribution in [0.5, 0.6) is 0 Å². The SMILES string of the molecule is FC1(F)CN(c2nccn3nc(C4CC4)cc23)C1. The van der Waals surface area contributed by atoms with Gasteiger partial charge < -0.3 is 4.90 Å². The largest absolute Gasteiger partial charge is 0.343 e. The van der Waals surface area contributed by atoms with Gasteiger partial charge in [0.2, 0.25) is 0 Å². The number of fused-ring (bicyclic) bond motifs is 1. The topological polar surface area (TPSA) is 33.4 Å². The van der Waals surface area contributed by atoms with Gasteiger partial charge in [-0.1, -0.05) is 0 Å². The molecule has 4 rings (SSSR count).